The van der Waals surface area contributed by atoms with Crippen molar-refractivity contribution in [2.75, 3.05) is 0 Å². The van der Waals surface area contributed by atoms with E-state index in [4.69, 9.17) is 11.6 Å². The van der Waals surface area contributed by atoms with Crippen molar-refractivity contribution in [3.05, 3.63) is 24.0 Å². The van der Waals surface area contributed by atoms with Crippen LogP contribution in [0.3, 0.4) is 0 Å². The fourth-order valence-electron chi connectivity index (χ4n) is 1.20. The van der Waals surface area contributed by atoms with Gasteiger partial charge < -0.3 is 4.57 Å². The SMILES string of the molecule is CCn1ccc(CCC(C)Cl)c1. The number of alkyl halides is 1. The Balaban J connectivity index is 2.41. The van der Waals surface area contributed by atoms with Gasteiger partial charge in [0.15, 0.2) is 0 Å². The predicted molar refractivity (Wildman–Crippen MR) is 53.7 cm³/mol. The topological polar surface area (TPSA) is 4.93 Å². The maximum Gasteiger partial charge on any atom is 0.0311 e. The smallest absolute Gasteiger partial charge is 0.0311 e. The highest BCUT2D eigenvalue weighted by Crippen LogP contribution is 2.09. The van der Waals surface area contributed by atoms with E-state index in [1.54, 1.807) is 0 Å². The molecule has 0 fully saturated rings. The molecule has 12 heavy (non-hydrogen) atoms. The van der Waals surface area contributed by atoms with E-state index in [0.717, 1.165) is 19.4 Å². The lowest BCUT2D eigenvalue weighted by Crippen LogP contribution is -1.94. The van der Waals surface area contributed by atoms with Gasteiger partial charge in [-0.3, -0.25) is 0 Å². The Morgan fingerprint density at radius 3 is 2.83 bits per heavy atom. The maximum absolute atomic E-state index is 5.86. The first-order chi connectivity index (χ1) is 5.72. The van der Waals surface area contributed by atoms with Crippen LogP contribution >= 0.6 is 11.6 Å². The molecule has 1 heterocycles. The highest BCUT2D eigenvalue weighted by molar-refractivity contribution is 6.20. The van der Waals surface area contributed by atoms with Crippen molar-refractivity contribution in [1.29, 1.82) is 0 Å². The van der Waals surface area contributed by atoms with Crippen LogP contribution < -0.4 is 0 Å². The summed E-state index contributed by atoms with van der Waals surface area (Å²) >= 11 is 5.86. The summed E-state index contributed by atoms with van der Waals surface area (Å²) in [6.07, 6.45) is 6.47. The molecule has 0 aliphatic rings. The summed E-state index contributed by atoms with van der Waals surface area (Å²) in [6, 6.07) is 2.17. The molecular formula is C10H16ClN. The molecule has 0 aliphatic heterocycles. The van der Waals surface area contributed by atoms with Crippen molar-refractivity contribution >= 4 is 11.6 Å². The zero-order valence-electron chi connectivity index (χ0n) is 7.76. The first-order valence-electron chi connectivity index (χ1n) is 4.51. The minimum Gasteiger partial charge on any atom is -0.354 e. The molecule has 0 radical (unpaired) electrons. The normalized spacial score (nSPS) is 13.2. The minimum atomic E-state index is 0.287. The summed E-state index contributed by atoms with van der Waals surface area (Å²) in [6.45, 7) is 5.24. The molecule has 0 spiro atoms. The Kier molecular flexibility index (Phi) is 3.67. The molecule has 0 aromatic carbocycles. The van der Waals surface area contributed by atoms with Crippen molar-refractivity contribution in [3.63, 3.8) is 0 Å². The van der Waals surface area contributed by atoms with Crippen LogP contribution in [0.2, 0.25) is 0 Å². The molecule has 0 saturated carbocycles. The van der Waals surface area contributed by atoms with Gasteiger partial charge in [0.2, 0.25) is 0 Å². The predicted octanol–water partition coefficient (Wildman–Crippen LogP) is 3.07. The fourth-order valence-corrected chi connectivity index (χ4v) is 1.31. The largest absolute Gasteiger partial charge is 0.354 e. The van der Waals surface area contributed by atoms with Gasteiger partial charge >= 0.3 is 0 Å². The van der Waals surface area contributed by atoms with E-state index in [1.807, 2.05) is 6.92 Å². The standard InChI is InChI=1S/C10H16ClN/c1-3-12-7-6-10(8-12)5-4-9(2)11/h6-9H,3-5H2,1-2H3. The van der Waals surface area contributed by atoms with Gasteiger partial charge in [-0.25, -0.2) is 0 Å². The van der Waals surface area contributed by atoms with Gasteiger partial charge in [0.25, 0.3) is 0 Å². The summed E-state index contributed by atoms with van der Waals surface area (Å²) in [5.74, 6) is 0. The first-order valence-corrected chi connectivity index (χ1v) is 4.94. The van der Waals surface area contributed by atoms with Crippen LogP contribution in [0.4, 0.5) is 0 Å². The first kappa shape index (κ1) is 9.66. The van der Waals surface area contributed by atoms with Crippen molar-refractivity contribution in [2.45, 2.75) is 38.6 Å². The second-order valence-corrected chi connectivity index (χ2v) is 3.91. The molecule has 0 saturated heterocycles. The van der Waals surface area contributed by atoms with Crippen molar-refractivity contribution in [3.8, 4) is 0 Å². The minimum absolute atomic E-state index is 0.287. The Bertz CT molecular complexity index is 227. The second kappa shape index (κ2) is 4.56. The van der Waals surface area contributed by atoms with E-state index >= 15 is 0 Å². The third-order valence-corrected chi connectivity index (χ3v) is 2.23. The molecule has 1 aromatic rings. The zero-order valence-corrected chi connectivity index (χ0v) is 8.51. The number of aromatic nitrogens is 1. The van der Waals surface area contributed by atoms with Crippen molar-refractivity contribution in [1.82, 2.24) is 4.57 Å². The Labute approximate surface area is 79.3 Å². The number of hydrogen-bond donors (Lipinski definition) is 0. The summed E-state index contributed by atoms with van der Waals surface area (Å²) in [5, 5.41) is 0.287. The number of hydrogen-bond acceptors (Lipinski definition) is 0. The van der Waals surface area contributed by atoms with Crippen molar-refractivity contribution in [2.24, 2.45) is 0 Å². The zero-order chi connectivity index (χ0) is 8.97. The number of rotatable bonds is 4. The fraction of sp³-hybridized carbons (Fsp3) is 0.600. The van der Waals surface area contributed by atoms with E-state index in [2.05, 4.69) is 30.0 Å². The van der Waals surface area contributed by atoms with Gasteiger partial charge in [0.1, 0.15) is 0 Å². The highest BCUT2D eigenvalue weighted by atomic mass is 35.5. The number of nitrogens with zero attached hydrogens (tertiary/aromatic N) is 1. The van der Waals surface area contributed by atoms with Crippen LogP contribution in [0, 0.1) is 0 Å². The van der Waals surface area contributed by atoms with Gasteiger partial charge in [-0.1, -0.05) is 0 Å². The van der Waals surface area contributed by atoms with Gasteiger partial charge in [-0.2, -0.15) is 0 Å². The summed E-state index contributed by atoms with van der Waals surface area (Å²) in [7, 11) is 0. The number of halogens is 1. The summed E-state index contributed by atoms with van der Waals surface area (Å²) in [5.41, 5.74) is 1.39. The number of aryl methyl sites for hydroxylation is 2. The van der Waals surface area contributed by atoms with Crippen LogP contribution in [0.15, 0.2) is 18.5 Å². The summed E-state index contributed by atoms with van der Waals surface area (Å²) < 4.78 is 2.19. The van der Waals surface area contributed by atoms with Gasteiger partial charge in [-0.05, 0) is 38.3 Å². The maximum atomic E-state index is 5.86. The third kappa shape index (κ3) is 2.90. The lowest BCUT2D eigenvalue weighted by molar-refractivity contribution is 0.756. The second-order valence-electron chi connectivity index (χ2n) is 3.17. The average molecular weight is 186 g/mol. The molecule has 0 amide bonds. The van der Waals surface area contributed by atoms with Crippen LogP contribution in [0.5, 0.6) is 0 Å². The van der Waals surface area contributed by atoms with E-state index in [9.17, 15) is 0 Å². The summed E-state index contributed by atoms with van der Waals surface area (Å²) in [4.78, 5) is 0. The molecule has 1 aromatic heterocycles. The molecular weight excluding hydrogens is 170 g/mol. The van der Waals surface area contributed by atoms with Crippen LogP contribution in [-0.2, 0) is 13.0 Å². The van der Waals surface area contributed by atoms with Crippen LogP contribution in [-0.4, -0.2) is 9.94 Å². The van der Waals surface area contributed by atoms with E-state index < -0.39 is 0 Å². The molecule has 0 bridgehead atoms. The van der Waals surface area contributed by atoms with E-state index in [1.165, 1.54) is 5.56 Å². The van der Waals surface area contributed by atoms with Gasteiger partial charge in [-0.15, -0.1) is 11.6 Å². The van der Waals surface area contributed by atoms with Crippen molar-refractivity contribution < 1.29 is 0 Å². The highest BCUT2D eigenvalue weighted by Gasteiger charge is 1.99. The Morgan fingerprint density at radius 1 is 1.58 bits per heavy atom. The Hall–Kier alpha value is -0.430. The monoisotopic (exact) mass is 185 g/mol. The molecule has 2 heteroatoms. The quantitative estimate of drug-likeness (QED) is 0.636. The van der Waals surface area contributed by atoms with Crippen LogP contribution in [0.1, 0.15) is 25.8 Å². The van der Waals surface area contributed by atoms with Gasteiger partial charge in [0, 0.05) is 24.3 Å². The Morgan fingerprint density at radius 2 is 2.33 bits per heavy atom. The molecule has 1 nitrogen and oxygen atoms in total. The molecule has 1 unspecified atom stereocenters. The molecule has 1 atom stereocenters. The molecule has 1 rings (SSSR count). The van der Waals surface area contributed by atoms with E-state index in [0.29, 0.717) is 0 Å². The molecule has 68 valence electrons. The molecule has 0 aliphatic carbocycles. The van der Waals surface area contributed by atoms with Gasteiger partial charge in [0.05, 0.1) is 0 Å². The third-order valence-electron chi connectivity index (χ3n) is 2.01. The lowest BCUT2D eigenvalue weighted by Gasteiger charge is -1.99. The van der Waals surface area contributed by atoms with Crippen LogP contribution in [0.25, 0.3) is 0 Å². The molecule has 0 N–H and O–H groups in total. The average Bonchev–Trinajstić information content (AvgIpc) is 2.48. The van der Waals surface area contributed by atoms with E-state index in [-0.39, 0.29) is 5.38 Å². The lowest BCUT2D eigenvalue weighted by atomic mass is 10.1.